The molecule has 1 heterocycles. The van der Waals surface area contributed by atoms with E-state index in [-0.39, 0.29) is 22.9 Å². The van der Waals surface area contributed by atoms with Crippen LogP contribution in [0.3, 0.4) is 0 Å². The molecule has 1 unspecified atom stereocenters. The SMILES string of the molecule is CC(C)(C)C1CNCCN1CCSC(F)(F)F. The topological polar surface area (TPSA) is 15.3 Å². The molecule has 0 bridgehead atoms. The second-order valence-electron chi connectivity index (χ2n) is 5.42. The van der Waals surface area contributed by atoms with Crippen LogP contribution in [0.1, 0.15) is 20.8 Å². The fraction of sp³-hybridized carbons (Fsp3) is 1.00. The van der Waals surface area contributed by atoms with Crippen LogP contribution in [0.25, 0.3) is 0 Å². The lowest BCUT2D eigenvalue weighted by Gasteiger charge is -2.43. The Kier molecular flexibility index (Phi) is 5.16. The standard InChI is InChI=1S/C11H21F3N2S/c1-10(2,3)9-8-15-4-5-16(9)6-7-17-11(12,13)14/h9,15H,4-8H2,1-3H3. The molecular weight excluding hydrogens is 249 g/mol. The molecule has 0 aromatic carbocycles. The van der Waals surface area contributed by atoms with Gasteiger partial charge in [-0.2, -0.15) is 13.2 Å². The first kappa shape index (κ1) is 15.1. The Balaban J connectivity index is 2.44. The summed E-state index contributed by atoms with van der Waals surface area (Å²) in [5.74, 6) is 0.121. The summed E-state index contributed by atoms with van der Waals surface area (Å²) < 4.78 is 36.2. The van der Waals surface area contributed by atoms with Crippen molar-refractivity contribution >= 4 is 11.8 Å². The maximum absolute atomic E-state index is 12.1. The Bertz CT molecular complexity index is 238. The number of thioether (sulfide) groups is 1. The highest BCUT2D eigenvalue weighted by Crippen LogP contribution is 2.31. The lowest BCUT2D eigenvalue weighted by Crippen LogP contribution is -2.57. The van der Waals surface area contributed by atoms with Crippen molar-refractivity contribution in [1.82, 2.24) is 10.2 Å². The van der Waals surface area contributed by atoms with Crippen LogP contribution in [0.2, 0.25) is 0 Å². The predicted molar refractivity (Wildman–Crippen MR) is 66.2 cm³/mol. The molecule has 17 heavy (non-hydrogen) atoms. The van der Waals surface area contributed by atoms with Gasteiger partial charge < -0.3 is 5.32 Å². The zero-order valence-corrected chi connectivity index (χ0v) is 11.4. The third-order valence-corrected chi connectivity index (χ3v) is 3.71. The van der Waals surface area contributed by atoms with E-state index in [4.69, 9.17) is 0 Å². The van der Waals surface area contributed by atoms with Crippen molar-refractivity contribution in [3.05, 3.63) is 0 Å². The molecule has 0 spiro atoms. The normalized spacial score (nSPS) is 24.0. The molecule has 0 aliphatic carbocycles. The van der Waals surface area contributed by atoms with Gasteiger partial charge in [0.15, 0.2) is 0 Å². The lowest BCUT2D eigenvalue weighted by molar-refractivity contribution is -0.0330. The van der Waals surface area contributed by atoms with Gasteiger partial charge in [-0.05, 0) is 17.2 Å². The van der Waals surface area contributed by atoms with E-state index < -0.39 is 5.51 Å². The highest BCUT2D eigenvalue weighted by atomic mass is 32.2. The molecule has 0 aromatic heterocycles. The van der Waals surface area contributed by atoms with Crippen molar-refractivity contribution in [2.24, 2.45) is 5.41 Å². The number of hydrogen-bond acceptors (Lipinski definition) is 3. The average Bonchev–Trinajstić information content (AvgIpc) is 2.15. The summed E-state index contributed by atoms with van der Waals surface area (Å²) in [6, 6.07) is 0.310. The lowest BCUT2D eigenvalue weighted by atomic mass is 9.84. The van der Waals surface area contributed by atoms with E-state index in [0.29, 0.717) is 12.6 Å². The van der Waals surface area contributed by atoms with Gasteiger partial charge in [-0.25, -0.2) is 0 Å². The number of rotatable bonds is 3. The molecule has 0 radical (unpaired) electrons. The molecule has 6 heteroatoms. The van der Waals surface area contributed by atoms with Crippen LogP contribution >= 0.6 is 11.8 Å². The predicted octanol–water partition coefficient (Wildman–Crippen LogP) is 2.56. The Morgan fingerprint density at radius 3 is 2.47 bits per heavy atom. The smallest absolute Gasteiger partial charge is 0.314 e. The van der Waals surface area contributed by atoms with Crippen molar-refractivity contribution in [2.75, 3.05) is 31.9 Å². The van der Waals surface area contributed by atoms with E-state index >= 15 is 0 Å². The molecular formula is C11H21F3N2S. The summed E-state index contributed by atoms with van der Waals surface area (Å²) in [5.41, 5.74) is -4.01. The number of piperazine rings is 1. The Labute approximate surface area is 105 Å². The zero-order chi connectivity index (χ0) is 13.1. The van der Waals surface area contributed by atoms with Crippen LogP contribution in [-0.4, -0.2) is 48.4 Å². The summed E-state index contributed by atoms with van der Waals surface area (Å²) in [5, 5.41) is 3.31. The van der Waals surface area contributed by atoms with Crippen LogP contribution in [0, 0.1) is 5.41 Å². The fourth-order valence-corrected chi connectivity index (χ4v) is 2.70. The molecule has 0 aromatic rings. The van der Waals surface area contributed by atoms with Gasteiger partial charge in [0.1, 0.15) is 0 Å². The number of nitrogens with one attached hydrogen (secondary N) is 1. The van der Waals surface area contributed by atoms with Gasteiger partial charge >= 0.3 is 5.51 Å². The van der Waals surface area contributed by atoms with E-state index in [1.54, 1.807) is 0 Å². The number of hydrogen-bond donors (Lipinski definition) is 1. The molecule has 1 fully saturated rings. The van der Waals surface area contributed by atoms with Crippen LogP contribution in [0.5, 0.6) is 0 Å². The third kappa shape index (κ3) is 5.48. The number of nitrogens with zero attached hydrogens (tertiary/aromatic N) is 1. The number of halogens is 3. The third-order valence-electron chi connectivity index (χ3n) is 3.00. The average molecular weight is 270 g/mol. The first-order valence-electron chi connectivity index (χ1n) is 5.85. The molecule has 1 saturated heterocycles. The molecule has 0 saturated carbocycles. The summed E-state index contributed by atoms with van der Waals surface area (Å²) in [6.45, 7) is 9.47. The largest absolute Gasteiger partial charge is 0.441 e. The van der Waals surface area contributed by atoms with E-state index in [1.807, 2.05) is 0 Å². The van der Waals surface area contributed by atoms with Gasteiger partial charge in [0.25, 0.3) is 0 Å². The Morgan fingerprint density at radius 1 is 1.29 bits per heavy atom. The maximum atomic E-state index is 12.1. The Hall–Kier alpha value is 0.0600. The zero-order valence-electron chi connectivity index (χ0n) is 10.6. The summed E-state index contributed by atoms with van der Waals surface area (Å²) >= 11 is 0.0778. The second kappa shape index (κ2) is 5.80. The van der Waals surface area contributed by atoms with E-state index in [9.17, 15) is 13.2 Å². The van der Waals surface area contributed by atoms with E-state index in [2.05, 4.69) is 31.0 Å². The van der Waals surface area contributed by atoms with Crippen molar-refractivity contribution < 1.29 is 13.2 Å². The molecule has 1 aliphatic rings. The molecule has 0 amide bonds. The first-order valence-corrected chi connectivity index (χ1v) is 6.84. The van der Waals surface area contributed by atoms with Crippen molar-refractivity contribution in [3.63, 3.8) is 0 Å². The van der Waals surface area contributed by atoms with Crippen LogP contribution in [0.15, 0.2) is 0 Å². The minimum Gasteiger partial charge on any atom is -0.314 e. The molecule has 2 nitrogen and oxygen atoms in total. The highest BCUT2D eigenvalue weighted by molar-refractivity contribution is 8.00. The minimum absolute atomic E-state index is 0.0778. The van der Waals surface area contributed by atoms with Gasteiger partial charge in [-0.3, -0.25) is 4.90 Å². The molecule has 1 atom stereocenters. The van der Waals surface area contributed by atoms with Crippen LogP contribution in [0.4, 0.5) is 13.2 Å². The van der Waals surface area contributed by atoms with E-state index in [0.717, 1.165) is 19.6 Å². The van der Waals surface area contributed by atoms with E-state index in [1.165, 1.54) is 0 Å². The monoisotopic (exact) mass is 270 g/mol. The Morgan fingerprint density at radius 2 is 1.94 bits per heavy atom. The quantitative estimate of drug-likeness (QED) is 0.848. The van der Waals surface area contributed by atoms with Crippen LogP contribution in [-0.2, 0) is 0 Å². The van der Waals surface area contributed by atoms with Crippen molar-refractivity contribution in [1.29, 1.82) is 0 Å². The summed E-state index contributed by atoms with van der Waals surface area (Å²) in [4.78, 5) is 2.18. The van der Waals surface area contributed by atoms with Crippen LogP contribution < -0.4 is 5.32 Å². The van der Waals surface area contributed by atoms with Crippen molar-refractivity contribution in [2.45, 2.75) is 32.3 Å². The van der Waals surface area contributed by atoms with Gasteiger partial charge in [0, 0.05) is 38.0 Å². The summed E-state index contributed by atoms with van der Waals surface area (Å²) in [6.07, 6.45) is 0. The molecule has 1 aliphatic heterocycles. The fourth-order valence-electron chi connectivity index (χ4n) is 2.15. The maximum Gasteiger partial charge on any atom is 0.441 e. The first-order chi connectivity index (χ1) is 7.70. The highest BCUT2D eigenvalue weighted by Gasteiger charge is 2.33. The number of alkyl halides is 3. The molecule has 1 rings (SSSR count). The summed E-state index contributed by atoms with van der Waals surface area (Å²) in [7, 11) is 0. The molecule has 102 valence electrons. The second-order valence-corrected chi connectivity index (χ2v) is 6.58. The minimum atomic E-state index is -4.11. The van der Waals surface area contributed by atoms with Gasteiger partial charge in [0.2, 0.25) is 0 Å². The molecule has 1 N–H and O–H groups in total. The van der Waals surface area contributed by atoms with Gasteiger partial charge in [0.05, 0.1) is 0 Å². The van der Waals surface area contributed by atoms with Gasteiger partial charge in [-0.1, -0.05) is 20.8 Å². The van der Waals surface area contributed by atoms with Crippen molar-refractivity contribution in [3.8, 4) is 0 Å². The van der Waals surface area contributed by atoms with Gasteiger partial charge in [-0.15, -0.1) is 0 Å².